The van der Waals surface area contributed by atoms with E-state index in [9.17, 15) is 0 Å². The van der Waals surface area contributed by atoms with Crippen LogP contribution in [0.25, 0.3) is 0 Å². The minimum atomic E-state index is 0.331. The largest absolute Gasteiger partial charge is 0.328 e. The van der Waals surface area contributed by atoms with Gasteiger partial charge in [-0.1, -0.05) is 0 Å². The summed E-state index contributed by atoms with van der Waals surface area (Å²) >= 11 is 1.84. The van der Waals surface area contributed by atoms with Crippen LogP contribution in [0.1, 0.15) is 49.1 Å². The molecule has 4 heteroatoms. The lowest BCUT2D eigenvalue weighted by molar-refractivity contribution is 0.155. The first-order chi connectivity index (χ1) is 8.74. The highest BCUT2D eigenvalue weighted by atomic mass is 32.1. The zero-order valence-electron chi connectivity index (χ0n) is 11.1. The second-order valence-electron chi connectivity index (χ2n) is 5.93. The van der Waals surface area contributed by atoms with Gasteiger partial charge >= 0.3 is 0 Å². The Morgan fingerprint density at radius 1 is 1.50 bits per heavy atom. The number of hydrogen-bond acceptors (Lipinski definition) is 4. The predicted octanol–water partition coefficient (Wildman–Crippen LogP) is 2.58. The lowest BCUT2D eigenvalue weighted by Gasteiger charge is -2.34. The van der Waals surface area contributed by atoms with Gasteiger partial charge in [-0.2, -0.15) is 0 Å². The SMILES string of the molecule is CC(N)C1CCCN(Cc2scnc2C2CC2)C1. The zero-order chi connectivity index (χ0) is 12.5. The van der Waals surface area contributed by atoms with Crippen LogP contribution < -0.4 is 5.73 Å². The molecule has 3 nitrogen and oxygen atoms in total. The minimum absolute atomic E-state index is 0.331. The molecule has 0 bridgehead atoms. The third-order valence-electron chi connectivity index (χ3n) is 4.29. The first-order valence-electron chi connectivity index (χ1n) is 7.14. The van der Waals surface area contributed by atoms with Crippen LogP contribution in [0.5, 0.6) is 0 Å². The van der Waals surface area contributed by atoms with E-state index in [0.717, 1.165) is 12.5 Å². The summed E-state index contributed by atoms with van der Waals surface area (Å²) in [4.78, 5) is 8.65. The number of aromatic nitrogens is 1. The third-order valence-corrected chi connectivity index (χ3v) is 5.12. The monoisotopic (exact) mass is 265 g/mol. The first kappa shape index (κ1) is 12.6. The highest BCUT2D eigenvalue weighted by Gasteiger charge is 2.30. The maximum absolute atomic E-state index is 6.05. The summed E-state index contributed by atoms with van der Waals surface area (Å²) in [5, 5.41) is 0. The predicted molar refractivity (Wildman–Crippen MR) is 75.7 cm³/mol. The highest BCUT2D eigenvalue weighted by molar-refractivity contribution is 7.09. The van der Waals surface area contributed by atoms with Crippen molar-refractivity contribution in [3.8, 4) is 0 Å². The van der Waals surface area contributed by atoms with Crippen LogP contribution in [0.15, 0.2) is 5.51 Å². The molecule has 3 rings (SSSR count). The van der Waals surface area contributed by atoms with Gasteiger partial charge in [0.05, 0.1) is 11.2 Å². The molecule has 0 radical (unpaired) electrons. The Morgan fingerprint density at radius 3 is 3.06 bits per heavy atom. The Balaban J connectivity index is 1.63. The summed E-state index contributed by atoms with van der Waals surface area (Å²) < 4.78 is 0. The molecule has 2 unspecified atom stereocenters. The Labute approximate surface area is 113 Å². The van der Waals surface area contributed by atoms with Gasteiger partial charge in [0.2, 0.25) is 0 Å². The molecule has 1 aromatic rings. The van der Waals surface area contributed by atoms with Gasteiger partial charge in [-0.3, -0.25) is 4.90 Å². The minimum Gasteiger partial charge on any atom is -0.328 e. The van der Waals surface area contributed by atoms with E-state index in [2.05, 4.69) is 16.8 Å². The maximum atomic E-state index is 6.05. The molecule has 1 saturated heterocycles. The van der Waals surface area contributed by atoms with E-state index in [4.69, 9.17) is 5.73 Å². The second kappa shape index (κ2) is 5.27. The summed E-state index contributed by atoms with van der Waals surface area (Å²) in [7, 11) is 0. The Kier molecular flexibility index (Phi) is 3.68. The molecule has 2 aliphatic rings. The number of piperidine rings is 1. The first-order valence-corrected chi connectivity index (χ1v) is 8.02. The quantitative estimate of drug-likeness (QED) is 0.910. The molecule has 2 heterocycles. The molecular weight excluding hydrogens is 242 g/mol. The van der Waals surface area contributed by atoms with E-state index in [1.165, 1.54) is 49.3 Å². The van der Waals surface area contributed by atoms with Crippen molar-refractivity contribution in [2.45, 2.75) is 51.1 Å². The van der Waals surface area contributed by atoms with E-state index in [1.807, 2.05) is 16.8 Å². The van der Waals surface area contributed by atoms with Crippen LogP contribution in [-0.2, 0) is 6.54 Å². The summed E-state index contributed by atoms with van der Waals surface area (Å²) in [5.74, 6) is 1.45. The fourth-order valence-corrected chi connectivity index (χ4v) is 3.85. The Morgan fingerprint density at radius 2 is 2.33 bits per heavy atom. The lowest BCUT2D eigenvalue weighted by Crippen LogP contribution is -2.41. The standard InChI is InChI=1S/C14H23N3S/c1-10(15)12-3-2-6-17(7-12)8-13-14(11-4-5-11)16-9-18-13/h9-12H,2-8,15H2,1H3. The topological polar surface area (TPSA) is 42.1 Å². The molecule has 0 amide bonds. The molecule has 100 valence electrons. The van der Waals surface area contributed by atoms with Gasteiger partial charge in [-0.05, 0) is 45.1 Å². The molecule has 0 spiro atoms. The van der Waals surface area contributed by atoms with Crippen LogP contribution in [-0.4, -0.2) is 29.0 Å². The fourth-order valence-electron chi connectivity index (χ4n) is 2.95. The highest BCUT2D eigenvalue weighted by Crippen LogP contribution is 2.42. The maximum Gasteiger partial charge on any atom is 0.0798 e. The molecule has 1 aliphatic heterocycles. The molecule has 1 saturated carbocycles. The summed E-state index contributed by atoms with van der Waals surface area (Å²) in [6.07, 6.45) is 5.29. The van der Waals surface area contributed by atoms with E-state index < -0.39 is 0 Å². The smallest absolute Gasteiger partial charge is 0.0798 e. The number of nitrogens with two attached hydrogens (primary N) is 1. The molecule has 2 N–H and O–H groups in total. The van der Waals surface area contributed by atoms with Crippen LogP contribution in [0.4, 0.5) is 0 Å². The molecular formula is C14H23N3S. The van der Waals surface area contributed by atoms with Gasteiger partial charge in [0, 0.05) is 29.9 Å². The Hall–Kier alpha value is -0.450. The lowest BCUT2D eigenvalue weighted by atomic mass is 9.92. The third kappa shape index (κ3) is 2.76. The second-order valence-corrected chi connectivity index (χ2v) is 6.87. The Bertz CT molecular complexity index is 397. The van der Waals surface area contributed by atoms with Crippen molar-refractivity contribution in [3.05, 3.63) is 16.1 Å². The number of nitrogens with zero attached hydrogens (tertiary/aromatic N) is 2. The van der Waals surface area contributed by atoms with Crippen molar-refractivity contribution in [1.82, 2.24) is 9.88 Å². The van der Waals surface area contributed by atoms with E-state index in [-0.39, 0.29) is 0 Å². The normalized spacial score (nSPS) is 27.3. The average molecular weight is 265 g/mol. The van der Waals surface area contributed by atoms with E-state index >= 15 is 0 Å². The van der Waals surface area contributed by atoms with Crippen molar-refractivity contribution >= 4 is 11.3 Å². The van der Waals surface area contributed by atoms with Crippen LogP contribution in [0.2, 0.25) is 0 Å². The van der Waals surface area contributed by atoms with Crippen molar-refractivity contribution < 1.29 is 0 Å². The molecule has 1 aromatic heterocycles. The zero-order valence-corrected chi connectivity index (χ0v) is 12.0. The summed E-state index contributed by atoms with van der Waals surface area (Å²) in [6.45, 7) is 5.64. The van der Waals surface area contributed by atoms with Gasteiger partial charge in [0.1, 0.15) is 0 Å². The number of rotatable bonds is 4. The van der Waals surface area contributed by atoms with Gasteiger partial charge in [0.15, 0.2) is 0 Å². The van der Waals surface area contributed by atoms with Gasteiger partial charge in [-0.15, -0.1) is 11.3 Å². The van der Waals surface area contributed by atoms with E-state index in [0.29, 0.717) is 12.0 Å². The molecule has 18 heavy (non-hydrogen) atoms. The summed E-state index contributed by atoms with van der Waals surface area (Å²) in [5.41, 5.74) is 9.47. The molecule has 2 atom stereocenters. The van der Waals surface area contributed by atoms with Crippen molar-refractivity contribution in [1.29, 1.82) is 0 Å². The number of hydrogen-bond donors (Lipinski definition) is 1. The van der Waals surface area contributed by atoms with Crippen molar-refractivity contribution in [2.75, 3.05) is 13.1 Å². The van der Waals surface area contributed by atoms with Crippen molar-refractivity contribution in [2.24, 2.45) is 11.7 Å². The molecule has 0 aromatic carbocycles. The van der Waals surface area contributed by atoms with Crippen LogP contribution in [0.3, 0.4) is 0 Å². The van der Waals surface area contributed by atoms with Crippen molar-refractivity contribution in [3.63, 3.8) is 0 Å². The van der Waals surface area contributed by atoms with Gasteiger partial charge in [0.25, 0.3) is 0 Å². The molecule has 2 fully saturated rings. The number of likely N-dealkylation sites (tertiary alicyclic amines) is 1. The van der Waals surface area contributed by atoms with E-state index in [1.54, 1.807) is 0 Å². The fraction of sp³-hybridized carbons (Fsp3) is 0.786. The van der Waals surface area contributed by atoms with Gasteiger partial charge in [-0.25, -0.2) is 4.98 Å². The molecule has 1 aliphatic carbocycles. The van der Waals surface area contributed by atoms with Crippen LogP contribution >= 0.6 is 11.3 Å². The van der Waals surface area contributed by atoms with Gasteiger partial charge < -0.3 is 5.73 Å². The summed E-state index contributed by atoms with van der Waals surface area (Å²) in [6, 6.07) is 0.331. The average Bonchev–Trinajstić information content (AvgIpc) is 3.11. The number of thiazole rings is 1. The van der Waals surface area contributed by atoms with Crippen LogP contribution in [0, 0.1) is 5.92 Å².